The fraction of sp³-hybridized carbons (Fsp3) is 0.211. The number of halogens is 1. The summed E-state index contributed by atoms with van der Waals surface area (Å²) in [4.78, 5) is 10.2. The van der Waals surface area contributed by atoms with Crippen molar-refractivity contribution in [3.63, 3.8) is 0 Å². The van der Waals surface area contributed by atoms with Gasteiger partial charge in [-0.3, -0.25) is 4.98 Å². The van der Waals surface area contributed by atoms with Crippen molar-refractivity contribution in [3.05, 3.63) is 47.2 Å². The molecule has 0 saturated carbocycles. The van der Waals surface area contributed by atoms with E-state index >= 15 is 0 Å². The molecule has 0 radical (unpaired) electrons. The van der Waals surface area contributed by atoms with Gasteiger partial charge in [-0.1, -0.05) is 6.07 Å². The number of oxazole rings is 1. The SMILES string of the molecule is N#Cc1c(O)c(F)c(O)c(N2CCCc3oc(-c4ccccn4)nc3C2)c1O. The molecule has 9 heteroatoms. The fourth-order valence-electron chi connectivity index (χ4n) is 3.26. The number of benzene rings is 1. The molecule has 4 rings (SSSR count). The van der Waals surface area contributed by atoms with Gasteiger partial charge in [-0.05, 0) is 18.6 Å². The summed E-state index contributed by atoms with van der Waals surface area (Å²) in [7, 11) is 0. The van der Waals surface area contributed by atoms with Gasteiger partial charge in [0, 0.05) is 19.2 Å². The zero-order valence-electron chi connectivity index (χ0n) is 14.6. The Morgan fingerprint density at radius 3 is 2.71 bits per heavy atom. The number of nitrogens with zero attached hydrogens (tertiary/aromatic N) is 4. The van der Waals surface area contributed by atoms with E-state index in [4.69, 9.17) is 9.68 Å². The van der Waals surface area contributed by atoms with Gasteiger partial charge in [0.25, 0.3) is 0 Å². The Bertz CT molecular complexity index is 1090. The maximum absolute atomic E-state index is 14.2. The number of hydrogen-bond acceptors (Lipinski definition) is 8. The minimum atomic E-state index is -1.36. The number of aryl methyl sites for hydroxylation is 1. The van der Waals surface area contributed by atoms with E-state index in [2.05, 4.69) is 9.97 Å². The highest BCUT2D eigenvalue weighted by Gasteiger charge is 2.30. The molecule has 0 saturated heterocycles. The molecule has 28 heavy (non-hydrogen) atoms. The molecule has 0 unspecified atom stereocenters. The summed E-state index contributed by atoms with van der Waals surface area (Å²) in [5.41, 5.74) is 0.227. The summed E-state index contributed by atoms with van der Waals surface area (Å²) in [5, 5.41) is 39.3. The van der Waals surface area contributed by atoms with Gasteiger partial charge in [0.2, 0.25) is 11.7 Å². The van der Waals surface area contributed by atoms with E-state index in [0.717, 1.165) is 0 Å². The molecule has 1 aromatic carbocycles. The van der Waals surface area contributed by atoms with Crippen LogP contribution in [0.3, 0.4) is 0 Å². The molecule has 0 fully saturated rings. The van der Waals surface area contributed by atoms with Crippen LogP contribution in [0, 0.1) is 17.1 Å². The lowest BCUT2D eigenvalue weighted by Gasteiger charge is -2.25. The van der Waals surface area contributed by atoms with Crippen molar-refractivity contribution in [1.82, 2.24) is 9.97 Å². The van der Waals surface area contributed by atoms with Crippen molar-refractivity contribution in [2.45, 2.75) is 19.4 Å². The van der Waals surface area contributed by atoms with E-state index in [1.807, 2.05) is 6.07 Å². The van der Waals surface area contributed by atoms with Crippen molar-refractivity contribution in [2.24, 2.45) is 0 Å². The minimum absolute atomic E-state index is 0.113. The summed E-state index contributed by atoms with van der Waals surface area (Å²) in [6.07, 6.45) is 2.75. The van der Waals surface area contributed by atoms with E-state index < -0.39 is 28.6 Å². The summed E-state index contributed by atoms with van der Waals surface area (Å²) < 4.78 is 20.0. The molecular weight excluding hydrogens is 367 g/mol. The quantitative estimate of drug-likeness (QED) is 0.617. The smallest absolute Gasteiger partial charge is 0.245 e. The average Bonchev–Trinajstić information content (AvgIpc) is 3.00. The number of hydrogen-bond donors (Lipinski definition) is 3. The first-order valence-electron chi connectivity index (χ1n) is 8.52. The third kappa shape index (κ3) is 2.75. The minimum Gasteiger partial charge on any atom is -0.504 e. The molecule has 3 N–H and O–H groups in total. The van der Waals surface area contributed by atoms with E-state index in [-0.39, 0.29) is 12.2 Å². The van der Waals surface area contributed by atoms with Crippen LogP contribution in [0.25, 0.3) is 11.6 Å². The molecule has 142 valence electrons. The zero-order valence-corrected chi connectivity index (χ0v) is 14.6. The van der Waals surface area contributed by atoms with Gasteiger partial charge in [-0.15, -0.1) is 0 Å². The number of nitriles is 1. The third-order valence-electron chi connectivity index (χ3n) is 4.60. The fourth-order valence-corrected chi connectivity index (χ4v) is 3.26. The van der Waals surface area contributed by atoms with E-state index in [0.29, 0.717) is 42.4 Å². The van der Waals surface area contributed by atoms with Gasteiger partial charge < -0.3 is 24.6 Å². The summed E-state index contributed by atoms with van der Waals surface area (Å²) in [6, 6.07) is 6.89. The Balaban J connectivity index is 1.76. The van der Waals surface area contributed by atoms with Gasteiger partial charge in [-0.25, -0.2) is 4.98 Å². The number of aromatic hydroxyl groups is 3. The second-order valence-corrected chi connectivity index (χ2v) is 6.32. The van der Waals surface area contributed by atoms with Gasteiger partial charge in [0.15, 0.2) is 17.2 Å². The van der Waals surface area contributed by atoms with Gasteiger partial charge in [-0.2, -0.15) is 9.65 Å². The number of aromatic nitrogens is 2. The lowest BCUT2D eigenvalue weighted by Crippen LogP contribution is -2.23. The highest BCUT2D eigenvalue weighted by atomic mass is 19.1. The highest BCUT2D eigenvalue weighted by molar-refractivity contribution is 5.75. The third-order valence-corrected chi connectivity index (χ3v) is 4.60. The number of anilines is 1. The van der Waals surface area contributed by atoms with Gasteiger partial charge in [0.1, 0.15) is 34.5 Å². The van der Waals surface area contributed by atoms with Gasteiger partial charge >= 0.3 is 0 Å². The molecule has 0 aliphatic carbocycles. The van der Waals surface area contributed by atoms with E-state index in [1.54, 1.807) is 24.4 Å². The predicted molar refractivity (Wildman–Crippen MR) is 95.2 cm³/mol. The van der Waals surface area contributed by atoms with Crippen molar-refractivity contribution in [2.75, 3.05) is 11.4 Å². The molecular formula is C19H15FN4O4. The van der Waals surface area contributed by atoms with Crippen LogP contribution in [0.15, 0.2) is 28.8 Å². The topological polar surface area (TPSA) is 127 Å². The second-order valence-electron chi connectivity index (χ2n) is 6.32. The van der Waals surface area contributed by atoms with Crippen molar-refractivity contribution in [3.8, 4) is 34.9 Å². The Labute approximate surface area is 158 Å². The second kappa shape index (κ2) is 6.74. The number of phenolic OH excluding ortho intramolecular Hbond substituents is 3. The first-order chi connectivity index (χ1) is 13.5. The van der Waals surface area contributed by atoms with E-state index in [9.17, 15) is 19.7 Å². The molecule has 3 aromatic rings. The average molecular weight is 382 g/mol. The first-order valence-corrected chi connectivity index (χ1v) is 8.52. The normalized spacial score (nSPS) is 13.6. The molecule has 3 heterocycles. The largest absolute Gasteiger partial charge is 0.504 e. The van der Waals surface area contributed by atoms with Crippen molar-refractivity contribution >= 4 is 5.69 Å². The maximum atomic E-state index is 14.2. The number of rotatable bonds is 2. The molecule has 8 nitrogen and oxygen atoms in total. The lowest BCUT2D eigenvalue weighted by atomic mass is 10.1. The zero-order chi connectivity index (χ0) is 19.8. The molecule has 0 bridgehead atoms. The van der Waals surface area contributed by atoms with Crippen LogP contribution >= 0.6 is 0 Å². The Kier molecular flexibility index (Phi) is 4.24. The summed E-state index contributed by atoms with van der Waals surface area (Å²) in [5.74, 6) is -3.07. The summed E-state index contributed by atoms with van der Waals surface area (Å²) in [6.45, 7) is 0.461. The Morgan fingerprint density at radius 2 is 2.00 bits per heavy atom. The number of pyridine rings is 1. The molecule has 1 aliphatic heterocycles. The maximum Gasteiger partial charge on any atom is 0.245 e. The highest BCUT2D eigenvalue weighted by Crippen LogP contribution is 2.47. The van der Waals surface area contributed by atoms with Crippen LogP contribution in [0.4, 0.5) is 10.1 Å². The van der Waals surface area contributed by atoms with Crippen LogP contribution in [0.5, 0.6) is 17.2 Å². The van der Waals surface area contributed by atoms with Crippen LogP contribution in [0.2, 0.25) is 0 Å². The standard InChI is InChI=1S/C19H15FN4O4/c20-14-16(25)10(8-21)17(26)15(18(14)27)24-7-3-5-13-12(9-24)23-19(28-13)11-4-1-2-6-22-11/h1-2,4,6,25-27H,3,5,7,9H2. The van der Waals surface area contributed by atoms with Crippen molar-refractivity contribution in [1.29, 1.82) is 5.26 Å². The van der Waals surface area contributed by atoms with Crippen LogP contribution < -0.4 is 4.90 Å². The Hall–Kier alpha value is -3.80. The van der Waals surface area contributed by atoms with Crippen LogP contribution in [-0.4, -0.2) is 31.8 Å². The van der Waals surface area contributed by atoms with Crippen molar-refractivity contribution < 1.29 is 24.1 Å². The first kappa shape index (κ1) is 17.6. The molecule has 0 spiro atoms. The molecule has 1 aliphatic rings. The van der Waals surface area contributed by atoms with Crippen LogP contribution in [-0.2, 0) is 13.0 Å². The molecule has 0 atom stereocenters. The monoisotopic (exact) mass is 382 g/mol. The van der Waals surface area contributed by atoms with Gasteiger partial charge in [0.05, 0.1) is 6.54 Å². The number of phenols is 3. The molecule has 2 aromatic heterocycles. The Morgan fingerprint density at radius 1 is 1.18 bits per heavy atom. The lowest BCUT2D eigenvalue weighted by molar-refractivity contribution is 0.376. The molecule has 0 amide bonds. The summed E-state index contributed by atoms with van der Waals surface area (Å²) >= 11 is 0. The van der Waals surface area contributed by atoms with Crippen LogP contribution in [0.1, 0.15) is 23.4 Å². The van der Waals surface area contributed by atoms with E-state index in [1.165, 1.54) is 4.90 Å². The number of fused-ring (bicyclic) bond motifs is 1. The predicted octanol–water partition coefficient (Wildman–Crippen LogP) is 2.82.